The molecular weight excluding hydrogens is 238 g/mol. The number of ether oxygens (including phenoxy) is 1. The molecule has 6 heteroatoms. The monoisotopic (exact) mass is 255 g/mol. The molecule has 0 aromatic heterocycles. The van der Waals surface area contributed by atoms with E-state index in [1.165, 1.54) is 0 Å². The summed E-state index contributed by atoms with van der Waals surface area (Å²) in [7, 11) is -3.18. The van der Waals surface area contributed by atoms with Crippen LogP contribution in [0.5, 0.6) is 0 Å². The summed E-state index contributed by atoms with van der Waals surface area (Å²) in [6.45, 7) is 6.62. The number of halogens is 1. The maximum absolute atomic E-state index is 11.2. The molecule has 0 saturated heterocycles. The van der Waals surface area contributed by atoms with E-state index in [1.807, 2.05) is 6.92 Å². The molecule has 0 fully saturated rings. The second kappa shape index (κ2) is 8.10. The van der Waals surface area contributed by atoms with Crippen LogP contribution < -0.4 is 4.72 Å². The van der Waals surface area contributed by atoms with E-state index in [2.05, 4.69) is 11.3 Å². The average molecular weight is 256 g/mol. The average Bonchev–Trinajstić information content (AvgIpc) is 2.14. The first-order chi connectivity index (χ1) is 6.98. The second-order valence-electron chi connectivity index (χ2n) is 3.27. The standard InChI is InChI=1S/C9H18ClNO3S/c1-9(2)8-14-6-5-11-15(12,13)7-3-4-10/h11H,1,3-8H2,2H3. The van der Waals surface area contributed by atoms with E-state index >= 15 is 0 Å². The number of alkyl halides is 1. The Kier molecular flexibility index (Phi) is 8.04. The lowest BCUT2D eigenvalue weighted by molar-refractivity contribution is 0.162. The zero-order chi connectivity index (χ0) is 11.7. The Morgan fingerprint density at radius 3 is 2.73 bits per heavy atom. The van der Waals surface area contributed by atoms with Gasteiger partial charge in [-0.1, -0.05) is 12.2 Å². The molecular formula is C9H18ClNO3S. The van der Waals surface area contributed by atoms with Crippen LogP contribution in [0.4, 0.5) is 0 Å². The minimum atomic E-state index is -3.18. The van der Waals surface area contributed by atoms with Gasteiger partial charge in [0.05, 0.1) is 19.0 Å². The highest BCUT2D eigenvalue weighted by Gasteiger charge is 2.07. The van der Waals surface area contributed by atoms with Crippen LogP contribution in [0.2, 0.25) is 0 Å². The number of hydrogen-bond acceptors (Lipinski definition) is 3. The zero-order valence-corrected chi connectivity index (χ0v) is 10.5. The van der Waals surface area contributed by atoms with Gasteiger partial charge in [0.15, 0.2) is 0 Å². The predicted molar refractivity (Wildman–Crippen MR) is 62.8 cm³/mol. The minimum Gasteiger partial charge on any atom is -0.376 e. The summed E-state index contributed by atoms with van der Waals surface area (Å²) in [6, 6.07) is 0. The van der Waals surface area contributed by atoms with Gasteiger partial charge >= 0.3 is 0 Å². The molecule has 4 nitrogen and oxygen atoms in total. The van der Waals surface area contributed by atoms with Crippen molar-refractivity contribution in [2.45, 2.75) is 13.3 Å². The molecule has 0 saturated carbocycles. The van der Waals surface area contributed by atoms with Crippen molar-refractivity contribution < 1.29 is 13.2 Å². The lowest BCUT2D eigenvalue weighted by Gasteiger charge is -2.06. The lowest BCUT2D eigenvalue weighted by Crippen LogP contribution is -2.29. The molecule has 1 N–H and O–H groups in total. The first-order valence-electron chi connectivity index (χ1n) is 4.73. The van der Waals surface area contributed by atoms with Crippen LogP contribution >= 0.6 is 11.6 Å². The maximum Gasteiger partial charge on any atom is 0.211 e. The van der Waals surface area contributed by atoms with Crippen molar-refractivity contribution in [3.05, 3.63) is 12.2 Å². The molecule has 0 aliphatic carbocycles. The normalized spacial score (nSPS) is 11.6. The molecule has 0 rings (SSSR count). The Morgan fingerprint density at radius 2 is 2.20 bits per heavy atom. The van der Waals surface area contributed by atoms with E-state index in [4.69, 9.17) is 16.3 Å². The van der Waals surface area contributed by atoms with Gasteiger partial charge < -0.3 is 4.74 Å². The van der Waals surface area contributed by atoms with Crippen LogP contribution in [-0.4, -0.2) is 39.8 Å². The third-order valence-electron chi connectivity index (χ3n) is 1.46. The van der Waals surface area contributed by atoms with E-state index in [1.54, 1.807) is 0 Å². The van der Waals surface area contributed by atoms with Gasteiger partial charge in [-0.25, -0.2) is 13.1 Å². The Hall–Kier alpha value is -0.100. The largest absolute Gasteiger partial charge is 0.376 e. The highest BCUT2D eigenvalue weighted by Crippen LogP contribution is 1.92. The third kappa shape index (κ3) is 10.2. The van der Waals surface area contributed by atoms with Crippen LogP contribution in [-0.2, 0) is 14.8 Å². The molecule has 0 aliphatic heterocycles. The Balaban J connectivity index is 3.53. The summed E-state index contributed by atoms with van der Waals surface area (Å²) < 4.78 is 30.1. The molecule has 90 valence electrons. The summed E-state index contributed by atoms with van der Waals surface area (Å²) in [4.78, 5) is 0. The highest BCUT2D eigenvalue weighted by atomic mass is 35.5. The van der Waals surface area contributed by atoms with Gasteiger partial charge in [-0.05, 0) is 13.3 Å². The Morgan fingerprint density at radius 1 is 1.53 bits per heavy atom. The first kappa shape index (κ1) is 14.9. The SMILES string of the molecule is C=C(C)COCCNS(=O)(=O)CCCCl. The number of rotatable bonds is 9. The molecule has 0 radical (unpaired) electrons. The van der Waals surface area contributed by atoms with Crippen molar-refractivity contribution in [2.75, 3.05) is 31.4 Å². The molecule has 0 aliphatic rings. The molecule has 0 bridgehead atoms. The maximum atomic E-state index is 11.2. The topological polar surface area (TPSA) is 55.4 Å². The van der Waals surface area contributed by atoms with Crippen LogP contribution in [0, 0.1) is 0 Å². The first-order valence-corrected chi connectivity index (χ1v) is 6.92. The van der Waals surface area contributed by atoms with Crippen LogP contribution in [0.3, 0.4) is 0 Å². The van der Waals surface area contributed by atoms with Crippen LogP contribution in [0.25, 0.3) is 0 Å². The summed E-state index contributed by atoms with van der Waals surface area (Å²) >= 11 is 5.40. The second-order valence-corrected chi connectivity index (χ2v) is 5.57. The van der Waals surface area contributed by atoms with E-state index in [9.17, 15) is 8.42 Å². The molecule has 0 aromatic rings. The summed E-state index contributed by atoms with van der Waals surface area (Å²) in [5.74, 6) is 0.421. The van der Waals surface area contributed by atoms with Crippen molar-refractivity contribution in [2.24, 2.45) is 0 Å². The van der Waals surface area contributed by atoms with E-state index in [0.29, 0.717) is 25.5 Å². The molecule has 15 heavy (non-hydrogen) atoms. The zero-order valence-electron chi connectivity index (χ0n) is 8.96. The highest BCUT2D eigenvalue weighted by molar-refractivity contribution is 7.89. The van der Waals surface area contributed by atoms with E-state index in [0.717, 1.165) is 5.57 Å². The molecule has 0 aromatic carbocycles. The van der Waals surface area contributed by atoms with E-state index in [-0.39, 0.29) is 12.3 Å². The lowest BCUT2D eigenvalue weighted by atomic mass is 10.4. The van der Waals surface area contributed by atoms with Gasteiger partial charge in [0.2, 0.25) is 10.0 Å². The van der Waals surface area contributed by atoms with Crippen LogP contribution in [0.1, 0.15) is 13.3 Å². The number of nitrogens with one attached hydrogen (secondary N) is 1. The van der Waals surface area contributed by atoms with Crippen LogP contribution in [0.15, 0.2) is 12.2 Å². The Bertz CT molecular complexity index is 277. The third-order valence-corrected chi connectivity index (χ3v) is 3.20. The fourth-order valence-electron chi connectivity index (χ4n) is 0.832. The van der Waals surface area contributed by atoms with Gasteiger partial charge in [-0.15, -0.1) is 11.6 Å². The fraction of sp³-hybridized carbons (Fsp3) is 0.778. The summed E-state index contributed by atoms with van der Waals surface area (Å²) in [5.41, 5.74) is 0.917. The number of sulfonamides is 1. The predicted octanol–water partition coefficient (Wildman–Crippen LogP) is 1.13. The van der Waals surface area contributed by atoms with Gasteiger partial charge in [0, 0.05) is 12.4 Å². The molecule has 0 unspecified atom stereocenters. The van der Waals surface area contributed by atoms with Gasteiger partial charge in [-0.2, -0.15) is 0 Å². The van der Waals surface area contributed by atoms with Crippen molar-refractivity contribution in [1.29, 1.82) is 0 Å². The molecule has 0 amide bonds. The van der Waals surface area contributed by atoms with Gasteiger partial charge in [-0.3, -0.25) is 0 Å². The van der Waals surface area contributed by atoms with Gasteiger partial charge in [0.1, 0.15) is 0 Å². The van der Waals surface area contributed by atoms with E-state index < -0.39 is 10.0 Å². The molecule has 0 spiro atoms. The summed E-state index contributed by atoms with van der Waals surface area (Å²) in [6.07, 6.45) is 0.462. The fourth-order valence-corrected chi connectivity index (χ4v) is 2.19. The van der Waals surface area contributed by atoms with Crippen molar-refractivity contribution in [3.63, 3.8) is 0 Å². The number of hydrogen-bond donors (Lipinski definition) is 1. The minimum absolute atomic E-state index is 0.0665. The van der Waals surface area contributed by atoms with Crippen molar-refractivity contribution >= 4 is 21.6 Å². The Labute approximate surface area is 96.7 Å². The van der Waals surface area contributed by atoms with Crippen molar-refractivity contribution in [1.82, 2.24) is 4.72 Å². The van der Waals surface area contributed by atoms with Gasteiger partial charge in [0.25, 0.3) is 0 Å². The quantitative estimate of drug-likeness (QED) is 0.382. The summed E-state index contributed by atoms with van der Waals surface area (Å²) in [5, 5.41) is 0. The smallest absolute Gasteiger partial charge is 0.211 e. The molecule has 0 heterocycles. The van der Waals surface area contributed by atoms with Crippen molar-refractivity contribution in [3.8, 4) is 0 Å². The molecule has 0 atom stereocenters.